The first-order valence-electron chi connectivity index (χ1n) is 8.36. The molecule has 0 radical (unpaired) electrons. The van der Waals surface area contributed by atoms with E-state index in [1.807, 2.05) is 6.07 Å². The minimum Gasteiger partial charge on any atom is -0.467 e. The zero-order chi connectivity index (χ0) is 19.6. The molecule has 1 amide bonds. The standard InChI is InChI=1S/C19H19Cl2N3O3/c1-27-19(26)16-8-15(17-13(21)6-12(20)7-14(17)23-16)24-18(25)11-4-2-3-10(5-11)9-22/h2-7,15-16,23H,8-9,22H2,1H3,(H,24,25)/t15-,16+/m1/s1. The molecule has 6 nitrogen and oxygen atoms in total. The van der Waals surface area contributed by atoms with Crippen LogP contribution in [0.4, 0.5) is 5.69 Å². The molecule has 1 aliphatic heterocycles. The number of nitrogens with two attached hydrogens (primary N) is 1. The third kappa shape index (κ3) is 4.18. The van der Waals surface area contributed by atoms with Gasteiger partial charge in [0.05, 0.1) is 13.2 Å². The average Bonchev–Trinajstić information content (AvgIpc) is 2.66. The number of carbonyl (C=O) groups is 2. The molecule has 4 N–H and O–H groups in total. The van der Waals surface area contributed by atoms with Crippen molar-refractivity contribution < 1.29 is 14.3 Å². The monoisotopic (exact) mass is 407 g/mol. The molecular formula is C19H19Cl2N3O3. The maximum atomic E-state index is 12.8. The molecule has 27 heavy (non-hydrogen) atoms. The molecule has 142 valence electrons. The summed E-state index contributed by atoms with van der Waals surface area (Å²) >= 11 is 12.5. The van der Waals surface area contributed by atoms with Crippen LogP contribution in [-0.4, -0.2) is 25.0 Å². The van der Waals surface area contributed by atoms with Gasteiger partial charge >= 0.3 is 5.97 Å². The van der Waals surface area contributed by atoms with E-state index in [-0.39, 0.29) is 5.91 Å². The summed E-state index contributed by atoms with van der Waals surface area (Å²) in [5, 5.41) is 6.88. The number of halogens is 2. The minimum absolute atomic E-state index is 0.280. The Morgan fingerprint density at radius 2 is 2.07 bits per heavy atom. The lowest BCUT2D eigenvalue weighted by atomic mass is 9.92. The Bertz CT molecular complexity index is 888. The fourth-order valence-electron chi connectivity index (χ4n) is 3.17. The summed E-state index contributed by atoms with van der Waals surface area (Å²) in [6.07, 6.45) is 0.295. The van der Waals surface area contributed by atoms with Crippen LogP contribution in [0.15, 0.2) is 36.4 Å². The van der Waals surface area contributed by atoms with Crippen molar-refractivity contribution in [3.8, 4) is 0 Å². The lowest BCUT2D eigenvalue weighted by Crippen LogP contribution is -2.41. The van der Waals surface area contributed by atoms with Crippen LogP contribution in [0, 0.1) is 0 Å². The summed E-state index contributed by atoms with van der Waals surface area (Å²) in [7, 11) is 1.32. The van der Waals surface area contributed by atoms with E-state index in [0.717, 1.165) is 5.56 Å². The number of ether oxygens (including phenoxy) is 1. The van der Waals surface area contributed by atoms with Crippen LogP contribution in [0.3, 0.4) is 0 Å². The van der Waals surface area contributed by atoms with E-state index in [4.69, 9.17) is 33.7 Å². The predicted octanol–water partition coefficient (Wildman–Crippen LogP) is 3.28. The van der Waals surface area contributed by atoms with Gasteiger partial charge in [0, 0.05) is 39.8 Å². The van der Waals surface area contributed by atoms with Gasteiger partial charge in [-0.05, 0) is 29.8 Å². The first-order valence-corrected chi connectivity index (χ1v) is 9.11. The number of esters is 1. The Morgan fingerprint density at radius 1 is 1.30 bits per heavy atom. The molecule has 0 aromatic heterocycles. The number of hydrogen-bond acceptors (Lipinski definition) is 5. The van der Waals surface area contributed by atoms with Crippen molar-refractivity contribution in [1.82, 2.24) is 5.32 Å². The van der Waals surface area contributed by atoms with Crippen molar-refractivity contribution in [2.75, 3.05) is 12.4 Å². The molecular weight excluding hydrogens is 389 g/mol. The second-order valence-electron chi connectivity index (χ2n) is 6.24. The fourth-order valence-corrected chi connectivity index (χ4v) is 3.79. The zero-order valence-electron chi connectivity index (χ0n) is 14.6. The number of hydrogen-bond donors (Lipinski definition) is 3. The maximum absolute atomic E-state index is 12.8. The van der Waals surface area contributed by atoms with Crippen molar-refractivity contribution in [2.24, 2.45) is 5.73 Å². The number of rotatable bonds is 4. The number of anilines is 1. The lowest BCUT2D eigenvalue weighted by molar-refractivity contribution is -0.141. The Hall–Kier alpha value is -2.28. The van der Waals surface area contributed by atoms with Gasteiger partial charge in [-0.1, -0.05) is 35.3 Å². The van der Waals surface area contributed by atoms with Crippen LogP contribution < -0.4 is 16.4 Å². The molecule has 0 unspecified atom stereocenters. The van der Waals surface area contributed by atoms with E-state index in [1.54, 1.807) is 30.3 Å². The second kappa shape index (κ2) is 8.17. The van der Waals surface area contributed by atoms with E-state index in [1.165, 1.54) is 7.11 Å². The Morgan fingerprint density at radius 3 is 2.78 bits per heavy atom. The Kier molecular flexibility index (Phi) is 5.89. The smallest absolute Gasteiger partial charge is 0.328 e. The highest BCUT2D eigenvalue weighted by molar-refractivity contribution is 6.35. The molecule has 0 spiro atoms. The highest BCUT2D eigenvalue weighted by Gasteiger charge is 2.34. The topological polar surface area (TPSA) is 93.5 Å². The molecule has 8 heteroatoms. The summed E-state index contributed by atoms with van der Waals surface area (Å²) in [6, 6.07) is 9.24. The zero-order valence-corrected chi connectivity index (χ0v) is 16.1. The van der Waals surface area contributed by atoms with Crippen LogP contribution >= 0.6 is 23.2 Å². The first-order chi connectivity index (χ1) is 12.9. The Balaban J connectivity index is 1.93. The van der Waals surface area contributed by atoms with E-state index < -0.39 is 18.1 Å². The van der Waals surface area contributed by atoms with E-state index in [9.17, 15) is 9.59 Å². The van der Waals surface area contributed by atoms with Gasteiger partial charge in [0.25, 0.3) is 5.91 Å². The number of carbonyl (C=O) groups excluding carboxylic acids is 2. The number of amides is 1. The summed E-state index contributed by atoms with van der Waals surface area (Å²) in [6.45, 7) is 0.339. The van der Waals surface area contributed by atoms with E-state index in [0.29, 0.717) is 39.8 Å². The van der Waals surface area contributed by atoms with Crippen molar-refractivity contribution in [3.63, 3.8) is 0 Å². The summed E-state index contributed by atoms with van der Waals surface area (Å²) < 4.78 is 4.84. The van der Waals surface area contributed by atoms with E-state index in [2.05, 4.69) is 10.6 Å². The molecule has 2 atom stereocenters. The first kappa shape index (κ1) is 19.5. The number of benzene rings is 2. The highest BCUT2D eigenvalue weighted by atomic mass is 35.5. The van der Waals surface area contributed by atoms with Gasteiger partial charge in [0.15, 0.2) is 0 Å². The van der Waals surface area contributed by atoms with Gasteiger partial charge in [-0.2, -0.15) is 0 Å². The van der Waals surface area contributed by atoms with Gasteiger partial charge in [-0.15, -0.1) is 0 Å². The SMILES string of the molecule is COC(=O)[C@@H]1C[C@@H](NC(=O)c2cccc(CN)c2)c2c(Cl)cc(Cl)cc2N1. The molecule has 1 heterocycles. The molecule has 0 saturated heterocycles. The number of methoxy groups -OCH3 is 1. The maximum Gasteiger partial charge on any atom is 0.328 e. The van der Waals surface area contributed by atoms with Crippen LogP contribution in [0.2, 0.25) is 10.0 Å². The van der Waals surface area contributed by atoms with Gasteiger partial charge in [-0.25, -0.2) is 4.79 Å². The van der Waals surface area contributed by atoms with Crippen molar-refractivity contribution >= 4 is 40.8 Å². The largest absolute Gasteiger partial charge is 0.467 e. The van der Waals surface area contributed by atoms with E-state index >= 15 is 0 Å². The fraction of sp³-hybridized carbons (Fsp3) is 0.263. The van der Waals surface area contributed by atoms with Crippen molar-refractivity contribution in [1.29, 1.82) is 0 Å². The normalized spacial score (nSPS) is 18.2. The molecule has 2 aromatic rings. The number of fused-ring (bicyclic) bond motifs is 1. The predicted molar refractivity (Wildman–Crippen MR) is 105 cm³/mol. The third-order valence-electron chi connectivity index (χ3n) is 4.46. The Labute approximate surface area is 167 Å². The molecule has 0 saturated carbocycles. The van der Waals surface area contributed by atoms with Crippen LogP contribution in [0.5, 0.6) is 0 Å². The minimum atomic E-state index is -0.627. The quantitative estimate of drug-likeness (QED) is 0.676. The lowest BCUT2D eigenvalue weighted by Gasteiger charge is -2.33. The van der Waals surface area contributed by atoms with Crippen LogP contribution in [0.1, 0.15) is 33.9 Å². The van der Waals surface area contributed by atoms with Crippen molar-refractivity contribution in [2.45, 2.75) is 25.0 Å². The molecule has 3 rings (SSSR count). The van der Waals surface area contributed by atoms with Crippen LogP contribution in [-0.2, 0) is 16.1 Å². The molecule has 0 bridgehead atoms. The third-order valence-corrected chi connectivity index (χ3v) is 4.99. The van der Waals surface area contributed by atoms with Crippen LogP contribution in [0.25, 0.3) is 0 Å². The molecule has 0 fully saturated rings. The van der Waals surface area contributed by atoms with Crippen molar-refractivity contribution in [3.05, 3.63) is 63.1 Å². The summed E-state index contributed by atoms with van der Waals surface area (Å²) in [5.74, 6) is -0.709. The molecule has 2 aromatic carbocycles. The second-order valence-corrected chi connectivity index (χ2v) is 7.08. The highest BCUT2D eigenvalue weighted by Crippen LogP contribution is 2.40. The summed E-state index contributed by atoms with van der Waals surface area (Å²) in [5.41, 5.74) is 8.26. The number of nitrogens with one attached hydrogen (secondary N) is 2. The molecule has 0 aliphatic carbocycles. The van der Waals surface area contributed by atoms with Gasteiger partial charge in [-0.3, -0.25) is 4.79 Å². The van der Waals surface area contributed by atoms with Gasteiger partial charge in [0.2, 0.25) is 0 Å². The molecule has 1 aliphatic rings. The van der Waals surface area contributed by atoms with Gasteiger partial charge in [0.1, 0.15) is 6.04 Å². The average molecular weight is 408 g/mol. The van der Waals surface area contributed by atoms with Gasteiger partial charge < -0.3 is 21.1 Å². The summed E-state index contributed by atoms with van der Waals surface area (Å²) in [4.78, 5) is 24.8.